The zero-order chi connectivity index (χ0) is 21.6. The average molecular weight is 411 g/mol. The summed E-state index contributed by atoms with van der Waals surface area (Å²) in [6.07, 6.45) is 6.16. The SMILES string of the molecule is CN=C(NCC1(C(=O)N(C)C)CCCC1)NC1CCCN(c2ccccc2C#N)C1. The second-order valence-electron chi connectivity index (χ2n) is 8.67. The van der Waals surface area contributed by atoms with E-state index in [1.807, 2.05) is 38.4 Å². The second kappa shape index (κ2) is 9.84. The van der Waals surface area contributed by atoms with Crippen molar-refractivity contribution in [3.63, 3.8) is 0 Å². The first-order chi connectivity index (χ1) is 14.5. The number of rotatable bonds is 5. The van der Waals surface area contributed by atoms with E-state index in [0.717, 1.165) is 63.3 Å². The number of amides is 1. The molecule has 30 heavy (non-hydrogen) atoms. The van der Waals surface area contributed by atoms with Crippen LogP contribution >= 0.6 is 0 Å². The molecular formula is C23H34N6O. The van der Waals surface area contributed by atoms with Crippen molar-refractivity contribution in [2.75, 3.05) is 45.7 Å². The van der Waals surface area contributed by atoms with Gasteiger partial charge < -0.3 is 20.4 Å². The molecule has 1 atom stereocenters. The monoisotopic (exact) mass is 410 g/mol. The number of anilines is 1. The Morgan fingerprint density at radius 1 is 1.30 bits per heavy atom. The molecule has 2 aliphatic rings. The zero-order valence-corrected chi connectivity index (χ0v) is 18.4. The van der Waals surface area contributed by atoms with Crippen molar-refractivity contribution < 1.29 is 4.79 Å². The molecule has 0 aromatic heterocycles. The molecule has 1 aromatic rings. The third kappa shape index (κ3) is 4.86. The lowest BCUT2D eigenvalue weighted by Gasteiger charge is -2.36. The number of guanidine groups is 1. The molecule has 1 aromatic carbocycles. The van der Waals surface area contributed by atoms with Gasteiger partial charge in [-0.25, -0.2) is 0 Å². The minimum atomic E-state index is -0.328. The number of aliphatic imine (C=N–C) groups is 1. The largest absolute Gasteiger partial charge is 0.368 e. The number of carbonyl (C=O) groups excluding carboxylic acids is 1. The molecule has 0 radical (unpaired) electrons. The van der Waals surface area contributed by atoms with Crippen LogP contribution in [0.4, 0.5) is 5.69 Å². The molecule has 2 N–H and O–H groups in total. The molecule has 1 aliphatic heterocycles. The summed E-state index contributed by atoms with van der Waals surface area (Å²) in [4.78, 5) is 21.2. The Bertz CT molecular complexity index is 806. The van der Waals surface area contributed by atoms with Crippen LogP contribution in [0.5, 0.6) is 0 Å². The van der Waals surface area contributed by atoms with Gasteiger partial charge in [0.1, 0.15) is 6.07 Å². The zero-order valence-electron chi connectivity index (χ0n) is 18.4. The van der Waals surface area contributed by atoms with Crippen LogP contribution in [0.1, 0.15) is 44.1 Å². The van der Waals surface area contributed by atoms with Crippen molar-refractivity contribution in [2.24, 2.45) is 10.4 Å². The van der Waals surface area contributed by atoms with Crippen LogP contribution in [-0.2, 0) is 4.79 Å². The molecule has 1 saturated carbocycles. The van der Waals surface area contributed by atoms with E-state index in [1.165, 1.54) is 0 Å². The smallest absolute Gasteiger partial charge is 0.230 e. The minimum absolute atomic E-state index is 0.208. The number of nitrogens with one attached hydrogen (secondary N) is 2. The number of carbonyl (C=O) groups is 1. The highest BCUT2D eigenvalue weighted by atomic mass is 16.2. The number of hydrogen-bond donors (Lipinski definition) is 2. The normalized spacial score (nSPS) is 21.1. The second-order valence-corrected chi connectivity index (χ2v) is 8.67. The number of piperidine rings is 1. The number of para-hydroxylation sites is 1. The Morgan fingerprint density at radius 3 is 2.70 bits per heavy atom. The van der Waals surface area contributed by atoms with Gasteiger partial charge in [-0.15, -0.1) is 0 Å². The van der Waals surface area contributed by atoms with Crippen LogP contribution in [-0.4, -0.2) is 63.6 Å². The van der Waals surface area contributed by atoms with Crippen LogP contribution in [0.2, 0.25) is 0 Å². The van der Waals surface area contributed by atoms with E-state index in [2.05, 4.69) is 26.6 Å². The first-order valence-electron chi connectivity index (χ1n) is 10.9. The first kappa shape index (κ1) is 21.9. The molecule has 162 valence electrons. The summed E-state index contributed by atoms with van der Waals surface area (Å²) in [5.74, 6) is 0.952. The molecule has 1 amide bonds. The molecule has 1 unspecified atom stereocenters. The van der Waals surface area contributed by atoms with Crippen LogP contribution in [0, 0.1) is 16.7 Å². The highest BCUT2D eigenvalue weighted by Crippen LogP contribution is 2.38. The van der Waals surface area contributed by atoms with Crippen LogP contribution < -0.4 is 15.5 Å². The maximum Gasteiger partial charge on any atom is 0.230 e. The summed E-state index contributed by atoms with van der Waals surface area (Å²) < 4.78 is 0. The van der Waals surface area contributed by atoms with Gasteiger partial charge in [-0.3, -0.25) is 9.79 Å². The molecule has 2 fully saturated rings. The van der Waals surface area contributed by atoms with Crippen molar-refractivity contribution in [1.29, 1.82) is 5.26 Å². The lowest BCUT2D eigenvalue weighted by molar-refractivity contribution is -0.138. The highest BCUT2D eigenvalue weighted by molar-refractivity contribution is 5.85. The number of nitrogens with zero attached hydrogens (tertiary/aromatic N) is 4. The Morgan fingerprint density at radius 2 is 2.03 bits per heavy atom. The fraction of sp³-hybridized carbons (Fsp3) is 0.609. The van der Waals surface area contributed by atoms with Crippen LogP contribution in [0.3, 0.4) is 0 Å². The number of hydrogen-bond acceptors (Lipinski definition) is 4. The van der Waals surface area contributed by atoms with Crippen molar-refractivity contribution in [1.82, 2.24) is 15.5 Å². The van der Waals surface area contributed by atoms with Crippen molar-refractivity contribution >= 4 is 17.6 Å². The quantitative estimate of drug-likeness (QED) is 0.575. The van der Waals surface area contributed by atoms with Gasteiger partial charge in [0.2, 0.25) is 5.91 Å². The molecular weight excluding hydrogens is 376 g/mol. The molecule has 1 aliphatic carbocycles. The van der Waals surface area contributed by atoms with Gasteiger partial charge in [0, 0.05) is 46.8 Å². The minimum Gasteiger partial charge on any atom is -0.368 e. The molecule has 7 heteroatoms. The van der Waals surface area contributed by atoms with Gasteiger partial charge in [-0.1, -0.05) is 25.0 Å². The number of nitriles is 1. The van der Waals surface area contributed by atoms with E-state index in [0.29, 0.717) is 12.1 Å². The predicted octanol–water partition coefficient (Wildman–Crippen LogP) is 2.34. The lowest BCUT2D eigenvalue weighted by atomic mass is 9.84. The van der Waals surface area contributed by atoms with E-state index in [4.69, 9.17) is 0 Å². The van der Waals surface area contributed by atoms with Gasteiger partial charge in [-0.2, -0.15) is 5.26 Å². The van der Waals surface area contributed by atoms with E-state index < -0.39 is 0 Å². The van der Waals surface area contributed by atoms with Crippen molar-refractivity contribution in [3.05, 3.63) is 29.8 Å². The molecule has 3 rings (SSSR count). The highest BCUT2D eigenvalue weighted by Gasteiger charge is 2.42. The summed E-state index contributed by atoms with van der Waals surface area (Å²) >= 11 is 0. The summed E-state index contributed by atoms with van der Waals surface area (Å²) in [6.45, 7) is 2.38. The molecule has 1 saturated heterocycles. The van der Waals surface area contributed by atoms with Gasteiger partial charge in [0.05, 0.1) is 16.7 Å². The molecule has 0 spiro atoms. The maximum atomic E-state index is 12.8. The van der Waals surface area contributed by atoms with Crippen LogP contribution in [0.25, 0.3) is 0 Å². The average Bonchev–Trinajstić information content (AvgIpc) is 3.26. The standard InChI is InChI=1S/C23H34N6O/c1-25-22(26-17-23(12-6-7-13-23)21(30)28(2)3)27-19-10-8-14-29(16-19)20-11-5-4-9-18(20)15-24/h4-5,9,11,19H,6-8,10,12-14,16-17H2,1-3H3,(H2,25,26,27). The first-order valence-corrected chi connectivity index (χ1v) is 10.9. The molecule has 7 nitrogen and oxygen atoms in total. The van der Waals surface area contributed by atoms with E-state index in [-0.39, 0.29) is 17.4 Å². The summed E-state index contributed by atoms with van der Waals surface area (Å²) in [7, 11) is 5.45. The summed E-state index contributed by atoms with van der Waals surface area (Å²) in [5.41, 5.74) is 1.38. The Hall–Kier alpha value is -2.75. The fourth-order valence-electron chi connectivity index (χ4n) is 4.79. The van der Waals surface area contributed by atoms with E-state index in [9.17, 15) is 10.1 Å². The molecule has 1 heterocycles. The van der Waals surface area contributed by atoms with E-state index in [1.54, 1.807) is 11.9 Å². The van der Waals surface area contributed by atoms with Gasteiger partial charge in [0.25, 0.3) is 0 Å². The predicted molar refractivity (Wildman–Crippen MR) is 120 cm³/mol. The Kier molecular flexibility index (Phi) is 7.20. The lowest BCUT2D eigenvalue weighted by Crippen LogP contribution is -2.54. The fourth-order valence-corrected chi connectivity index (χ4v) is 4.79. The topological polar surface area (TPSA) is 83.8 Å². The maximum absolute atomic E-state index is 12.8. The summed E-state index contributed by atoms with van der Waals surface area (Å²) in [5, 5.41) is 16.4. The van der Waals surface area contributed by atoms with E-state index >= 15 is 0 Å². The Balaban J connectivity index is 1.62. The molecule has 0 bridgehead atoms. The number of benzene rings is 1. The van der Waals surface area contributed by atoms with Gasteiger partial charge in [0.15, 0.2) is 5.96 Å². The van der Waals surface area contributed by atoms with Crippen molar-refractivity contribution in [2.45, 2.75) is 44.6 Å². The Labute approximate surface area is 180 Å². The van der Waals surface area contributed by atoms with Gasteiger partial charge in [-0.05, 0) is 37.8 Å². The van der Waals surface area contributed by atoms with Crippen molar-refractivity contribution in [3.8, 4) is 6.07 Å². The van der Waals surface area contributed by atoms with Crippen LogP contribution in [0.15, 0.2) is 29.3 Å². The third-order valence-electron chi connectivity index (χ3n) is 6.37. The van der Waals surface area contributed by atoms with Gasteiger partial charge >= 0.3 is 0 Å². The summed E-state index contributed by atoms with van der Waals surface area (Å²) in [6, 6.07) is 10.3. The third-order valence-corrected chi connectivity index (χ3v) is 6.37.